The molecule has 0 spiro atoms. The van der Waals surface area contributed by atoms with Gasteiger partial charge in [-0.3, -0.25) is 4.79 Å². The van der Waals surface area contributed by atoms with Crippen molar-refractivity contribution in [3.63, 3.8) is 0 Å². The molecule has 1 fully saturated rings. The van der Waals surface area contributed by atoms with E-state index in [1.54, 1.807) is 16.9 Å². The van der Waals surface area contributed by atoms with E-state index in [0.717, 1.165) is 62.0 Å². The highest BCUT2D eigenvalue weighted by atomic mass is 32.2. The van der Waals surface area contributed by atoms with E-state index in [1.165, 1.54) is 0 Å². The average Bonchev–Trinajstić information content (AvgIpc) is 3.27. The smallest absolute Gasteiger partial charge is 0.393 e. The third-order valence-electron chi connectivity index (χ3n) is 6.79. The number of alkyl halides is 3. The second-order valence-corrected chi connectivity index (χ2v) is 12.9. The quantitative estimate of drug-likeness (QED) is 0.188. The van der Waals surface area contributed by atoms with Crippen LogP contribution in [0.2, 0.25) is 0 Å². The zero-order valence-corrected chi connectivity index (χ0v) is 25.6. The normalized spacial score (nSPS) is 14.6. The summed E-state index contributed by atoms with van der Waals surface area (Å²) in [4.78, 5) is 12.9. The Morgan fingerprint density at radius 1 is 1.20 bits per heavy atom. The Bertz CT molecular complexity index is 1670. The molecule has 238 valence electrons. The number of thiophene rings is 1. The molecule has 0 unspecified atom stereocenters. The summed E-state index contributed by atoms with van der Waals surface area (Å²) >= 11 is 1.16. The molecular weight excluding hydrogens is 624 g/mol. The van der Waals surface area contributed by atoms with E-state index in [1.807, 2.05) is 13.1 Å². The van der Waals surface area contributed by atoms with E-state index in [2.05, 4.69) is 27.4 Å². The van der Waals surface area contributed by atoms with Crippen LogP contribution < -0.4 is 20.1 Å². The molecule has 3 aromatic rings. The molecule has 1 aromatic heterocycles. The minimum absolute atomic E-state index is 0.0107. The van der Waals surface area contributed by atoms with Crippen LogP contribution in [0.4, 0.5) is 28.9 Å². The molecule has 0 saturated carbocycles. The second-order valence-electron chi connectivity index (χ2n) is 10.3. The zero-order chi connectivity index (χ0) is 32.1. The molecular formula is C29H32F4N4O5S2. The number of carbonyl (C=O) groups excluding carboxylic acids is 1. The molecule has 15 heteroatoms. The molecule has 4 rings (SSSR count). The van der Waals surface area contributed by atoms with Gasteiger partial charge in [-0.2, -0.15) is 13.2 Å². The number of anilines is 2. The summed E-state index contributed by atoms with van der Waals surface area (Å²) in [6, 6.07) is 7.12. The minimum atomic E-state index is -4.53. The van der Waals surface area contributed by atoms with E-state index in [9.17, 15) is 30.8 Å². The minimum Gasteiger partial charge on any atom is -0.489 e. The Balaban J connectivity index is 1.62. The summed E-state index contributed by atoms with van der Waals surface area (Å²) in [5.41, 5.74) is 0.818. The highest BCUT2D eigenvalue weighted by Gasteiger charge is 2.31. The Morgan fingerprint density at radius 2 is 1.93 bits per heavy atom. The number of carbonyl (C=O) groups is 1. The summed E-state index contributed by atoms with van der Waals surface area (Å²) in [6.45, 7) is 1.97. The van der Waals surface area contributed by atoms with Crippen molar-refractivity contribution in [2.45, 2.75) is 43.3 Å². The van der Waals surface area contributed by atoms with Crippen molar-refractivity contribution in [2.24, 2.45) is 0 Å². The maximum absolute atomic E-state index is 14.8. The first-order valence-corrected chi connectivity index (χ1v) is 16.0. The fourth-order valence-corrected chi connectivity index (χ4v) is 7.03. The monoisotopic (exact) mass is 656 g/mol. The maximum Gasteiger partial charge on any atom is 0.393 e. The Hall–Kier alpha value is -3.58. The molecule has 0 aliphatic carbocycles. The van der Waals surface area contributed by atoms with Crippen LogP contribution in [-0.2, 0) is 21.2 Å². The largest absolute Gasteiger partial charge is 0.489 e. The number of hydrogen-bond acceptors (Lipinski definition) is 9. The number of aliphatic hydroxyl groups is 1. The molecule has 1 saturated heterocycles. The molecule has 9 nitrogen and oxygen atoms in total. The lowest BCUT2D eigenvalue weighted by atomic mass is 10.0. The number of hydrogen-bond donors (Lipinski definition) is 4. The number of nitrogens with one attached hydrogen (secondary N) is 3. The Kier molecular flexibility index (Phi) is 10.6. The van der Waals surface area contributed by atoms with Crippen LogP contribution in [0.25, 0.3) is 10.1 Å². The molecule has 0 radical (unpaired) electrons. The van der Waals surface area contributed by atoms with Gasteiger partial charge in [-0.15, -0.1) is 11.3 Å². The van der Waals surface area contributed by atoms with Gasteiger partial charge in [0.05, 0.1) is 40.5 Å². The number of fused-ring (bicyclic) bond motifs is 1. The summed E-state index contributed by atoms with van der Waals surface area (Å²) in [7, 11) is -2.49. The van der Waals surface area contributed by atoms with Gasteiger partial charge < -0.3 is 25.4 Å². The third-order valence-corrected chi connectivity index (χ3v) is 9.44. The number of piperidine rings is 1. The van der Waals surface area contributed by atoms with Crippen molar-refractivity contribution in [3.8, 4) is 17.6 Å². The van der Waals surface area contributed by atoms with Crippen LogP contribution in [0.3, 0.4) is 0 Å². The second kappa shape index (κ2) is 14.0. The first-order chi connectivity index (χ1) is 20.8. The van der Waals surface area contributed by atoms with Crippen molar-refractivity contribution in [3.05, 3.63) is 46.6 Å². The number of sulfonamides is 1. The Morgan fingerprint density at radius 3 is 2.59 bits per heavy atom. The molecule has 2 aromatic carbocycles. The van der Waals surface area contributed by atoms with Gasteiger partial charge in [0, 0.05) is 25.1 Å². The fraction of sp³-hybridized carbons (Fsp3) is 0.414. The van der Waals surface area contributed by atoms with Crippen LogP contribution in [0.15, 0.2) is 35.2 Å². The molecule has 0 bridgehead atoms. The van der Waals surface area contributed by atoms with Gasteiger partial charge in [0.25, 0.3) is 10.0 Å². The molecule has 1 aliphatic rings. The number of benzene rings is 2. The van der Waals surface area contributed by atoms with Crippen molar-refractivity contribution < 1.29 is 40.6 Å². The standard InChI is InChI=1S/C29H32F4N4O5S2/c1-18(39)36-44(40,41)27-16-25(42-14-13-38)24(15-22(27)30)34-10-4-7-26-21(17-29(31,32)33)20-5-3-6-23(28(20)43-26)35-19-8-11-37(2)12-9-19/h3,5-6,15-16,19,34-35,38H,8-14,17H2,1-2H3,(H,36,39). The summed E-state index contributed by atoms with van der Waals surface area (Å²) in [5.74, 6) is 3.34. The van der Waals surface area contributed by atoms with E-state index in [0.29, 0.717) is 10.1 Å². The van der Waals surface area contributed by atoms with Crippen molar-refractivity contribution >= 4 is 48.7 Å². The molecule has 44 heavy (non-hydrogen) atoms. The van der Waals surface area contributed by atoms with E-state index in [4.69, 9.17) is 9.84 Å². The first kappa shape index (κ1) is 33.3. The number of likely N-dealkylation sites (tertiary alicyclic amines) is 1. The molecule has 2 heterocycles. The SMILES string of the molecule is CC(=O)NS(=O)(=O)c1cc(OCCO)c(NCC#Cc2sc3c(NC4CCN(C)CC4)cccc3c2CC(F)(F)F)cc1F. The third kappa shape index (κ3) is 8.53. The summed E-state index contributed by atoms with van der Waals surface area (Å²) < 4.78 is 88.1. The van der Waals surface area contributed by atoms with Crippen molar-refractivity contribution in [1.82, 2.24) is 9.62 Å². The van der Waals surface area contributed by atoms with Gasteiger partial charge in [-0.05, 0) is 50.0 Å². The van der Waals surface area contributed by atoms with Crippen molar-refractivity contribution in [2.75, 3.05) is 50.5 Å². The summed E-state index contributed by atoms with van der Waals surface area (Å²) in [5, 5.41) is 15.9. The molecule has 4 N–H and O–H groups in total. The van der Waals surface area contributed by atoms with Crippen LogP contribution in [0, 0.1) is 17.7 Å². The van der Waals surface area contributed by atoms with Gasteiger partial charge >= 0.3 is 6.18 Å². The van der Waals surface area contributed by atoms with Crippen LogP contribution >= 0.6 is 11.3 Å². The summed E-state index contributed by atoms with van der Waals surface area (Å²) in [6.07, 6.45) is -3.79. The van der Waals surface area contributed by atoms with Crippen molar-refractivity contribution in [1.29, 1.82) is 0 Å². The van der Waals surface area contributed by atoms with Crippen LogP contribution in [-0.4, -0.2) is 76.4 Å². The number of rotatable bonds is 10. The van der Waals surface area contributed by atoms with E-state index >= 15 is 0 Å². The number of amides is 1. The first-order valence-electron chi connectivity index (χ1n) is 13.7. The molecule has 0 atom stereocenters. The van der Waals surface area contributed by atoms with Crippen LogP contribution in [0.5, 0.6) is 5.75 Å². The lowest BCUT2D eigenvalue weighted by Gasteiger charge is -2.30. The van der Waals surface area contributed by atoms with Gasteiger partial charge in [0.2, 0.25) is 5.91 Å². The number of halogens is 4. The fourth-order valence-electron chi connectivity index (χ4n) is 4.80. The highest BCUT2D eigenvalue weighted by molar-refractivity contribution is 7.90. The number of ether oxygens (including phenoxy) is 1. The molecule has 1 amide bonds. The lowest BCUT2D eigenvalue weighted by Crippen LogP contribution is -2.36. The van der Waals surface area contributed by atoms with Gasteiger partial charge in [-0.25, -0.2) is 17.5 Å². The topological polar surface area (TPSA) is 120 Å². The molecule has 1 aliphatic heterocycles. The van der Waals surface area contributed by atoms with Crippen LogP contribution in [0.1, 0.15) is 30.2 Å². The number of nitrogens with zero attached hydrogens (tertiary/aromatic N) is 1. The maximum atomic E-state index is 14.8. The number of aliphatic hydroxyl groups excluding tert-OH is 1. The predicted octanol–water partition coefficient (Wildman–Crippen LogP) is 4.31. The average molecular weight is 657 g/mol. The van der Waals surface area contributed by atoms with Gasteiger partial charge in [0.1, 0.15) is 23.1 Å². The van der Waals surface area contributed by atoms with E-state index in [-0.39, 0.29) is 41.1 Å². The van der Waals surface area contributed by atoms with Gasteiger partial charge in [-0.1, -0.05) is 24.0 Å². The highest BCUT2D eigenvalue weighted by Crippen LogP contribution is 2.39. The zero-order valence-electron chi connectivity index (χ0n) is 24.0. The Labute approximate surface area is 256 Å². The van der Waals surface area contributed by atoms with E-state index < -0.39 is 45.8 Å². The van der Waals surface area contributed by atoms with Gasteiger partial charge in [0.15, 0.2) is 0 Å². The lowest BCUT2D eigenvalue weighted by molar-refractivity contribution is -0.127. The predicted molar refractivity (Wildman–Crippen MR) is 161 cm³/mol.